The largest absolute Gasteiger partial charge is 0.493 e. The van der Waals surface area contributed by atoms with Crippen LogP contribution in [0.5, 0.6) is 5.75 Å². The van der Waals surface area contributed by atoms with E-state index in [1.165, 1.54) is 16.0 Å². The standard InChI is InChI=1S/C30H32N2O3S/c1-22(2)35-32(17-18-33)21-24-8-7-11-28(20-24)34-19-16-29-23(3)36-30(31-29)27-14-12-26(13-15-27)25-9-5-4-6-10-25/h4-15,18,20,22H,16-17,19,21H2,1-3H3. The van der Waals surface area contributed by atoms with Gasteiger partial charge in [0.1, 0.15) is 17.0 Å². The molecule has 0 aliphatic carbocycles. The van der Waals surface area contributed by atoms with Crippen molar-refractivity contribution < 1.29 is 14.4 Å². The highest BCUT2D eigenvalue weighted by Gasteiger charge is 2.12. The smallest absolute Gasteiger partial charge is 0.136 e. The third-order valence-electron chi connectivity index (χ3n) is 5.63. The first-order valence-corrected chi connectivity index (χ1v) is 13.0. The van der Waals surface area contributed by atoms with Crippen molar-refractivity contribution >= 4 is 17.6 Å². The molecule has 0 amide bonds. The Bertz CT molecular complexity index is 1250. The van der Waals surface area contributed by atoms with Crippen molar-refractivity contribution in [3.63, 3.8) is 0 Å². The second-order valence-corrected chi connectivity index (χ2v) is 10.1. The molecule has 0 aliphatic heterocycles. The molecule has 0 fully saturated rings. The topological polar surface area (TPSA) is 51.7 Å². The van der Waals surface area contributed by atoms with Crippen LogP contribution in [0.15, 0.2) is 78.9 Å². The molecule has 1 aromatic heterocycles. The van der Waals surface area contributed by atoms with Crippen LogP contribution in [0.2, 0.25) is 0 Å². The Kier molecular flexibility index (Phi) is 9.01. The van der Waals surface area contributed by atoms with Gasteiger partial charge in [0.25, 0.3) is 0 Å². The second-order valence-electron chi connectivity index (χ2n) is 8.85. The van der Waals surface area contributed by atoms with Crippen molar-refractivity contribution in [1.82, 2.24) is 10.0 Å². The van der Waals surface area contributed by atoms with E-state index in [4.69, 9.17) is 14.6 Å². The molecule has 0 saturated heterocycles. The Hall–Kier alpha value is -3.32. The van der Waals surface area contributed by atoms with Gasteiger partial charge in [0.15, 0.2) is 0 Å². The first-order chi connectivity index (χ1) is 17.5. The van der Waals surface area contributed by atoms with E-state index in [1.54, 1.807) is 16.4 Å². The summed E-state index contributed by atoms with van der Waals surface area (Å²) in [5.41, 5.74) is 5.65. The summed E-state index contributed by atoms with van der Waals surface area (Å²) in [7, 11) is 0. The van der Waals surface area contributed by atoms with E-state index in [0.29, 0.717) is 13.2 Å². The number of benzene rings is 3. The van der Waals surface area contributed by atoms with Crippen LogP contribution in [0.3, 0.4) is 0 Å². The third kappa shape index (κ3) is 7.10. The van der Waals surface area contributed by atoms with Crippen LogP contribution in [-0.4, -0.2) is 35.6 Å². The number of carbonyl (C=O) groups excluding carboxylic acids is 1. The van der Waals surface area contributed by atoms with Gasteiger partial charge in [-0.15, -0.1) is 11.3 Å². The molecule has 5 nitrogen and oxygen atoms in total. The number of carbonyl (C=O) groups is 1. The lowest BCUT2D eigenvalue weighted by Crippen LogP contribution is -2.28. The van der Waals surface area contributed by atoms with E-state index in [1.807, 2.05) is 44.2 Å². The fraction of sp³-hybridized carbons (Fsp3) is 0.267. The van der Waals surface area contributed by atoms with E-state index >= 15 is 0 Å². The normalized spacial score (nSPS) is 11.2. The lowest BCUT2D eigenvalue weighted by atomic mass is 10.0. The molecule has 3 aromatic carbocycles. The van der Waals surface area contributed by atoms with Crippen molar-refractivity contribution in [1.29, 1.82) is 0 Å². The van der Waals surface area contributed by atoms with Crippen LogP contribution >= 0.6 is 11.3 Å². The molecule has 0 bridgehead atoms. The first kappa shape index (κ1) is 25.8. The summed E-state index contributed by atoms with van der Waals surface area (Å²) >= 11 is 1.72. The number of hydroxylamine groups is 2. The number of aldehydes is 1. The quantitative estimate of drug-likeness (QED) is 0.159. The van der Waals surface area contributed by atoms with E-state index in [-0.39, 0.29) is 12.6 Å². The summed E-state index contributed by atoms with van der Waals surface area (Å²) in [5.74, 6) is 0.799. The number of aromatic nitrogens is 1. The lowest BCUT2D eigenvalue weighted by molar-refractivity contribution is -0.191. The Morgan fingerprint density at radius 2 is 1.67 bits per heavy atom. The highest BCUT2D eigenvalue weighted by Crippen LogP contribution is 2.30. The maximum absolute atomic E-state index is 11.0. The molecule has 6 heteroatoms. The zero-order valence-corrected chi connectivity index (χ0v) is 21.8. The fourth-order valence-corrected chi connectivity index (χ4v) is 4.91. The minimum Gasteiger partial charge on any atom is -0.493 e. The monoisotopic (exact) mass is 500 g/mol. The van der Waals surface area contributed by atoms with Crippen LogP contribution in [0.25, 0.3) is 21.7 Å². The molecule has 0 saturated carbocycles. The lowest BCUT2D eigenvalue weighted by Gasteiger charge is -2.22. The summed E-state index contributed by atoms with van der Waals surface area (Å²) < 4.78 is 6.04. The fourth-order valence-electron chi connectivity index (χ4n) is 3.95. The average molecular weight is 501 g/mol. The highest BCUT2D eigenvalue weighted by atomic mass is 32.1. The predicted octanol–water partition coefficient (Wildman–Crippen LogP) is 6.75. The Morgan fingerprint density at radius 3 is 2.39 bits per heavy atom. The Balaban J connectivity index is 1.35. The SMILES string of the molecule is Cc1sc(-c2ccc(-c3ccccc3)cc2)nc1CCOc1cccc(CN(CC=O)OC(C)C)c1. The number of aryl methyl sites for hydroxylation is 1. The molecule has 1 heterocycles. The first-order valence-electron chi connectivity index (χ1n) is 12.2. The van der Waals surface area contributed by atoms with Gasteiger partial charge in [-0.25, -0.2) is 4.98 Å². The summed E-state index contributed by atoms with van der Waals surface area (Å²) in [6.07, 6.45) is 1.60. The number of nitrogens with zero attached hydrogens (tertiary/aromatic N) is 2. The zero-order valence-electron chi connectivity index (χ0n) is 21.0. The molecule has 0 unspecified atom stereocenters. The number of thiazole rings is 1. The number of ether oxygens (including phenoxy) is 1. The van der Waals surface area contributed by atoms with Gasteiger partial charge in [0.05, 0.1) is 24.9 Å². The molecule has 0 radical (unpaired) electrons. The molecule has 36 heavy (non-hydrogen) atoms. The van der Waals surface area contributed by atoms with Gasteiger partial charge in [-0.1, -0.05) is 66.7 Å². The molecule has 0 N–H and O–H groups in total. The van der Waals surface area contributed by atoms with Crippen molar-refractivity contribution in [2.75, 3.05) is 13.2 Å². The van der Waals surface area contributed by atoms with E-state index in [0.717, 1.165) is 40.3 Å². The maximum atomic E-state index is 11.0. The summed E-state index contributed by atoms with van der Waals surface area (Å²) in [6.45, 7) is 7.30. The molecular weight excluding hydrogens is 468 g/mol. The summed E-state index contributed by atoms with van der Waals surface area (Å²) in [4.78, 5) is 22.8. The van der Waals surface area contributed by atoms with E-state index in [2.05, 4.69) is 55.5 Å². The predicted molar refractivity (Wildman–Crippen MR) is 146 cm³/mol. The van der Waals surface area contributed by atoms with Gasteiger partial charge in [-0.2, -0.15) is 5.06 Å². The van der Waals surface area contributed by atoms with Crippen molar-refractivity contribution in [3.05, 3.63) is 95.0 Å². The van der Waals surface area contributed by atoms with Gasteiger partial charge in [-0.3, -0.25) is 4.84 Å². The van der Waals surface area contributed by atoms with Crippen molar-refractivity contribution in [2.24, 2.45) is 0 Å². The van der Waals surface area contributed by atoms with Crippen molar-refractivity contribution in [3.8, 4) is 27.4 Å². The van der Waals surface area contributed by atoms with Gasteiger partial charge in [-0.05, 0) is 49.6 Å². The summed E-state index contributed by atoms with van der Waals surface area (Å²) in [5, 5.41) is 2.70. The molecule has 4 aromatic rings. The molecule has 0 aliphatic rings. The van der Waals surface area contributed by atoms with Gasteiger partial charge in [0, 0.05) is 23.4 Å². The molecule has 186 valence electrons. The molecule has 4 rings (SSSR count). The number of rotatable bonds is 12. The van der Waals surface area contributed by atoms with Gasteiger partial charge < -0.3 is 9.53 Å². The van der Waals surface area contributed by atoms with Gasteiger partial charge in [0.2, 0.25) is 0 Å². The molecule has 0 atom stereocenters. The maximum Gasteiger partial charge on any atom is 0.136 e. The molecule has 0 spiro atoms. The summed E-state index contributed by atoms with van der Waals surface area (Å²) in [6, 6.07) is 26.9. The average Bonchev–Trinajstić information content (AvgIpc) is 3.25. The number of hydrogen-bond donors (Lipinski definition) is 0. The van der Waals surface area contributed by atoms with Crippen LogP contribution in [0, 0.1) is 6.92 Å². The van der Waals surface area contributed by atoms with Crippen LogP contribution in [-0.2, 0) is 22.6 Å². The van der Waals surface area contributed by atoms with Gasteiger partial charge >= 0.3 is 0 Å². The third-order valence-corrected chi connectivity index (χ3v) is 6.70. The van der Waals surface area contributed by atoms with E-state index in [9.17, 15) is 4.79 Å². The van der Waals surface area contributed by atoms with E-state index < -0.39 is 0 Å². The second kappa shape index (κ2) is 12.6. The zero-order chi connectivity index (χ0) is 25.3. The van der Waals surface area contributed by atoms with Crippen LogP contribution < -0.4 is 4.74 Å². The van der Waals surface area contributed by atoms with Crippen molar-refractivity contribution in [2.45, 2.75) is 39.8 Å². The molecular formula is C30H32N2O3S. The minimum absolute atomic E-state index is 0.0115. The Labute approximate surface area is 217 Å². The minimum atomic E-state index is 0.0115. The van der Waals surface area contributed by atoms with Crippen LogP contribution in [0.4, 0.5) is 0 Å². The number of hydrogen-bond acceptors (Lipinski definition) is 6. The highest BCUT2D eigenvalue weighted by molar-refractivity contribution is 7.15. The Morgan fingerprint density at radius 1 is 0.944 bits per heavy atom. The van der Waals surface area contributed by atoms with Crippen LogP contribution in [0.1, 0.15) is 30.0 Å².